The lowest BCUT2D eigenvalue weighted by Gasteiger charge is -2.32. The maximum atomic E-state index is 12.6. The average Bonchev–Trinajstić information content (AvgIpc) is 2.91. The highest BCUT2D eigenvalue weighted by atomic mass is 16.4. The van der Waals surface area contributed by atoms with Crippen molar-refractivity contribution in [3.8, 4) is 0 Å². The van der Waals surface area contributed by atoms with Gasteiger partial charge in [0.15, 0.2) is 0 Å². The van der Waals surface area contributed by atoms with Crippen LogP contribution in [0.15, 0.2) is 0 Å². The Morgan fingerprint density at radius 2 is 1.67 bits per heavy atom. The fourth-order valence-corrected chi connectivity index (χ4v) is 3.15. The second kappa shape index (κ2) is 6.17. The van der Waals surface area contributed by atoms with Crippen molar-refractivity contribution in [3.05, 3.63) is 0 Å². The fourth-order valence-electron chi connectivity index (χ4n) is 3.15. The maximum absolute atomic E-state index is 12.6. The molecule has 0 saturated carbocycles. The number of β-amino-alcohol motifs (C(OH)–C–C–N with tert-alkyl or cyclic N) is 2. The molecule has 0 aromatic carbocycles. The molecule has 3 N–H and O–H groups in total. The number of carboxylic acids is 1. The van der Waals surface area contributed by atoms with Crippen molar-refractivity contribution >= 4 is 12.0 Å². The number of carboxylic acid groups (broad SMARTS) is 1. The third-order valence-corrected chi connectivity index (χ3v) is 4.02. The van der Waals surface area contributed by atoms with Crippen molar-refractivity contribution in [2.75, 3.05) is 33.7 Å². The van der Waals surface area contributed by atoms with E-state index in [4.69, 9.17) is 0 Å². The van der Waals surface area contributed by atoms with Crippen LogP contribution in [0.3, 0.4) is 0 Å². The lowest BCUT2D eigenvalue weighted by Crippen LogP contribution is -2.51. The highest BCUT2D eigenvalue weighted by Gasteiger charge is 2.44. The minimum Gasteiger partial charge on any atom is -0.480 e. The van der Waals surface area contributed by atoms with Gasteiger partial charge in [-0.3, -0.25) is 0 Å². The van der Waals surface area contributed by atoms with Gasteiger partial charge in [-0.2, -0.15) is 0 Å². The van der Waals surface area contributed by atoms with Gasteiger partial charge in [0.2, 0.25) is 0 Å². The number of nitrogens with zero attached hydrogens (tertiary/aromatic N) is 3. The number of rotatable bonds is 3. The molecule has 2 saturated heterocycles. The zero-order valence-electron chi connectivity index (χ0n) is 12.3. The van der Waals surface area contributed by atoms with Crippen molar-refractivity contribution in [2.24, 2.45) is 0 Å². The summed E-state index contributed by atoms with van der Waals surface area (Å²) in [5.74, 6) is -1.11. The van der Waals surface area contributed by atoms with E-state index >= 15 is 0 Å². The van der Waals surface area contributed by atoms with E-state index in [0.29, 0.717) is 13.0 Å². The second-order valence-electron chi connectivity index (χ2n) is 6.14. The third-order valence-electron chi connectivity index (χ3n) is 4.02. The molecule has 0 bridgehead atoms. The first-order valence-electron chi connectivity index (χ1n) is 7.10. The number of hydrogen-bond donors (Lipinski definition) is 3. The van der Waals surface area contributed by atoms with Crippen LogP contribution in [0.25, 0.3) is 0 Å². The molecule has 0 aromatic rings. The van der Waals surface area contributed by atoms with Crippen LogP contribution in [0.1, 0.15) is 12.8 Å². The summed E-state index contributed by atoms with van der Waals surface area (Å²) in [6.45, 7) is 0.838. The topological polar surface area (TPSA) is 105 Å². The molecule has 0 aliphatic carbocycles. The maximum Gasteiger partial charge on any atom is 0.326 e. The van der Waals surface area contributed by atoms with E-state index in [1.165, 1.54) is 9.80 Å². The largest absolute Gasteiger partial charge is 0.480 e. The fraction of sp³-hybridized carbons (Fsp3) is 0.846. The molecule has 2 aliphatic rings. The molecule has 8 heteroatoms. The van der Waals surface area contributed by atoms with Gasteiger partial charge in [0, 0.05) is 32.1 Å². The van der Waals surface area contributed by atoms with Gasteiger partial charge in [-0.1, -0.05) is 0 Å². The number of carbonyl (C=O) groups excluding carboxylic acids is 1. The van der Waals surface area contributed by atoms with Gasteiger partial charge in [0.25, 0.3) is 0 Å². The van der Waals surface area contributed by atoms with Crippen molar-refractivity contribution in [1.82, 2.24) is 14.7 Å². The highest BCUT2D eigenvalue weighted by Crippen LogP contribution is 2.25. The number of urea groups is 1. The molecular formula is C13H23N3O5. The molecule has 4 atom stereocenters. The lowest BCUT2D eigenvalue weighted by molar-refractivity contribution is -0.141. The predicted molar refractivity (Wildman–Crippen MR) is 73.8 cm³/mol. The van der Waals surface area contributed by atoms with E-state index in [1.807, 2.05) is 19.0 Å². The van der Waals surface area contributed by atoms with Crippen LogP contribution in [0, 0.1) is 0 Å². The van der Waals surface area contributed by atoms with Crippen molar-refractivity contribution in [2.45, 2.75) is 37.1 Å². The van der Waals surface area contributed by atoms with Gasteiger partial charge in [-0.25, -0.2) is 9.59 Å². The molecule has 0 radical (unpaired) electrons. The van der Waals surface area contributed by atoms with Gasteiger partial charge < -0.3 is 30.0 Å². The van der Waals surface area contributed by atoms with Crippen LogP contribution in [0.4, 0.5) is 4.79 Å². The summed E-state index contributed by atoms with van der Waals surface area (Å²) in [6, 6.07) is -1.55. The Morgan fingerprint density at radius 3 is 2.24 bits per heavy atom. The quantitative estimate of drug-likeness (QED) is 0.594. The van der Waals surface area contributed by atoms with Gasteiger partial charge >= 0.3 is 12.0 Å². The first-order chi connectivity index (χ1) is 9.79. The molecule has 0 aromatic heterocycles. The zero-order valence-corrected chi connectivity index (χ0v) is 12.3. The van der Waals surface area contributed by atoms with Crippen LogP contribution >= 0.6 is 0 Å². The van der Waals surface area contributed by atoms with E-state index < -0.39 is 30.3 Å². The summed E-state index contributed by atoms with van der Waals surface area (Å²) < 4.78 is 0. The molecule has 120 valence electrons. The summed E-state index contributed by atoms with van der Waals surface area (Å²) >= 11 is 0. The molecule has 8 nitrogen and oxygen atoms in total. The van der Waals surface area contributed by atoms with Gasteiger partial charge in [-0.05, 0) is 20.5 Å². The Morgan fingerprint density at radius 1 is 1.10 bits per heavy atom. The Kier molecular flexibility index (Phi) is 4.70. The average molecular weight is 301 g/mol. The Labute approximate surface area is 123 Å². The molecule has 2 heterocycles. The number of aliphatic hydroxyl groups is 2. The Balaban J connectivity index is 2.11. The smallest absolute Gasteiger partial charge is 0.326 e. The van der Waals surface area contributed by atoms with Crippen LogP contribution in [0.2, 0.25) is 0 Å². The van der Waals surface area contributed by atoms with Crippen molar-refractivity contribution in [1.29, 1.82) is 0 Å². The zero-order chi connectivity index (χ0) is 15.7. The summed E-state index contributed by atoms with van der Waals surface area (Å²) in [5.41, 5.74) is 0. The summed E-state index contributed by atoms with van der Waals surface area (Å²) in [4.78, 5) is 28.5. The predicted octanol–water partition coefficient (Wildman–Crippen LogP) is -1.38. The second-order valence-corrected chi connectivity index (χ2v) is 6.14. The molecule has 2 aliphatic heterocycles. The van der Waals surface area contributed by atoms with Crippen LogP contribution in [0.5, 0.6) is 0 Å². The van der Waals surface area contributed by atoms with Gasteiger partial charge in [0.1, 0.15) is 6.04 Å². The molecular weight excluding hydrogens is 278 g/mol. The first kappa shape index (κ1) is 16.0. The summed E-state index contributed by atoms with van der Waals surface area (Å²) in [6.07, 6.45) is -0.863. The standard InChI is InChI=1S/C13H23N3O5/c1-14(2)5-8-3-9(17)6-15(8)13(21)16-7-10(18)4-11(16)12(19)20/h8-11,17-18H,3-7H2,1-2H3,(H,19,20). The van der Waals surface area contributed by atoms with E-state index in [9.17, 15) is 24.9 Å². The molecule has 2 amide bonds. The number of hydrogen-bond acceptors (Lipinski definition) is 5. The van der Waals surface area contributed by atoms with Gasteiger partial charge in [0.05, 0.1) is 12.2 Å². The van der Waals surface area contributed by atoms with Crippen LogP contribution in [-0.2, 0) is 4.79 Å². The summed E-state index contributed by atoms with van der Waals surface area (Å²) in [7, 11) is 3.76. The number of likely N-dealkylation sites (tertiary alicyclic amines) is 2. The Hall–Kier alpha value is -1.38. The van der Waals surface area contributed by atoms with Crippen molar-refractivity contribution in [3.63, 3.8) is 0 Å². The number of aliphatic hydroxyl groups excluding tert-OH is 2. The molecule has 0 spiro atoms. The number of likely N-dealkylation sites (N-methyl/N-ethyl adjacent to an activating group) is 1. The van der Waals surface area contributed by atoms with Crippen LogP contribution < -0.4 is 0 Å². The molecule has 2 fully saturated rings. The monoisotopic (exact) mass is 301 g/mol. The lowest BCUT2D eigenvalue weighted by atomic mass is 10.2. The number of amides is 2. The van der Waals surface area contributed by atoms with E-state index in [0.717, 1.165) is 0 Å². The van der Waals surface area contributed by atoms with Crippen LogP contribution in [-0.4, -0.2) is 100 Å². The third kappa shape index (κ3) is 3.45. The van der Waals surface area contributed by atoms with Gasteiger partial charge in [-0.15, -0.1) is 0 Å². The minimum absolute atomic E-state index is 0.0249. The normalized spacial score (nSPS) is 33.0. The Bertz CT molecular complexity index is 417. The first-order valence-corrected chi connectivity index (χ1v) is 7.10. The van der Waals surface area contributed by atoms with E-state index in [1.54, 1.807) is 0 Å². The molecule has 2 rings (SSSR count). The SMILES string of the molecule is CN(C)CC1CC(O)CN1C(=O)N1CC(O)CC1C(=O)O. The van der Waals surface area contributed by atoms with E-state index in [2.05, 4.69) is 0 Å². The highest BCUT2D eigenvalue weighted by molar-refractivity contribution is 5.84. The van der Waals surface area contributed by atoms with E-state index in [-0.39, 0.29) is 25.6 Å². The number of carbonyl (C=O) groups is 2. The minimum atomic E-state index is -1.11. The molecule has 4 unspecified atom stereocenters. The number of aliphatic carboxylic acids is 1. The molecule has 21 heavy (non-hydrogen) atoms. The van der Waals surface area contributed by atoms with Crippen molar-refractivity contribution < 1.29 is 24.9 Å². The summed E-state index contributed by atoms with van der Waals surface area (Å²) in [5, 5.41) is 28.6.